The first-order chi connectivity index (χ1) is 18.4. The zero-order valence-electron chi connectivity index (χ0n) is 22.3. The lowest BCUT2D eigenvalue weighted by atomic mass is 9.88. The highest BCUT2D eigenvalue weighted by molar-refractivity contribution is 5.96. The normalized spacial score (nSPS) is 21.0. The molecule has 2 amide bonds. The maximum Gasteiger partial charge on any atom is 0.271 e. The van der Waals surface area contributed by atoms with E-state index in [-0.39, 0.29) is 17.6 Å². The maximum absolute atomic E-state index is 12.1. The molecule has 1 aliphatic carbocycles. The molecule has 3 heterocycles. The molecule has 0 unspecified atom stereocenters. The van der Waals surface area contributed by atoms with E-state index >= 15 is 0 Å². The second-order valence-corrected chi connectivity index (χ2v) is 10.8. The fourth-order valence-corrected chi connectivity index (χ4v) is 6.23. The molecule has 0 spiro atoms. The summed E-state index contributed by atoms with van der Waals surface area (Å²) in [7, 11) is 1.93. The van der Waals surface area contributed by atoms with E-state index in [0.717, 1.165) is 18.2 Å². The number of nitrogens with two attached hydrogens (primary N) is 1. The van der Waals surface area contributed by atoms with Gasteiger partial charge in [-0.1, -0.05) is 31.6 Å². The van der Waals surface area contributed by atoms with Crippen LogP contribution in [0.5, 0.6) is 0 Å². The standard InChI is InChI=1S/C29H39N7O2/c1-3-26(37)36-17-14-24(19-36)34(2)25-18-31-27(28(30)38)29(33-25)32-22-10-8-20(9-11-22)21-12-15-35(16-13-21)23-6-4-5-7-23/h3,8-11,18,21,23-24H,1,4-7,12-17,19H2,2H3,(H2,30,38)(H,32,33)/t24-/m1/s1. The smallest absolute Gasteiger partial charge is 0.271 e. The van der Waals surface area contributed by atoms with Crippen LogP contribution in [0.3, 0.4) is 0 Å². The molecule has 9 nitrogen and oxygen atoms in total. The Bertz CT molecular complexity index is 1150. The monoisotopic (exact) mass is 517 g/mol. The van der Waals surface area contributed by atoms with Crippen LogP contribution in [0.25, 0.3) is 0 Å². The molecule has 1 atom stereocenters. The number of aromatic nitrogens is 2. The maximum atomic E-state index is 12.1. The molecule has 202 valence electrons. The number of anilines is 3. The molecule has 2 aromatic rings. The molecule has 2 saturated heterocycles. The molecule has 9 heteroatoms. The van der Waals surface area contributed by atoms with E-state index < -0.39 is 5.91 Å². The van der Waals surface area contributed by atoms with Crippen LogP contribution in [0.15, 0.2) is 43.1 Å². The van der Waals surface area contributed by atoms with Gasteiger partial charge in [0.25, 0.3) is 5.91 Å². The predicted molar refractivity (Wildman–Crippen MR) is 150 cm³/mol. The first kappa shape index (κ1) is 26.2. The van der Waals surface area contributed by atoms with Gasteiger partial charge in [-0.25, -0.2) is 9.97 Å². The van der Waals surface area contributed by atoms with E-state index in [9.17, 15) is 9.59 Å². The lowest BCUT2D eigenvalue weighted by Gasteiger charge is -2.36. The van der Waals surface area contributed by atoms with Crippen molar-refractivity contribution in [3.63, 3.8) is 0 Å². The summed E-state index contributed by atoms with van der Waals surface area (Å²) in [5, 5.41) is 3.26. The minimum Gasteiger partial charge on any atom is -0.364 e. The van der Waals surface area contributed by atoms with E-state index in [1.165, 1.54) is 63.3 Å². The number of rotatable bonds is 8. The second kappa shape index (κ2) is 11.5. The minimum atomic E-state index is -0.636. The number of nitrogens with zero attached hydrogens (tertiary/aromatic N) is 5. The molecular formula is C29H39N7O2. The average Bonchev–Trinajstić information content (AvgIpc) is 3.66. The Balaban J connectivity index is 1.25. The quantitative estimate of drug-likeness (QED) is 0.515. The molecule has 3 fully saturated rings. The molecule has 0 radical (unpaired) electrons. The van der Waals surface area contributed by atoms with Crippen molar-refractivity contribution >= 4 is 29.1 Å². The van der Waals surface area contributed by atoms with Crippen LogP contribution in [0.2, 0.25) is 0 Å². The fourth-order valence-electron chi connectivity index (χ4n) is 6.23. The van der Waals surface area contributed by atoms with E-state index in [2.05, 4.69) is 33.9 Å². The Morgan fingerprint density at radius 3 is 2.45 bits per heavy atom. The Hall–Kier alpha value is -3.46. The Morgan fingerprint density at radius 2 is 1.79 bits per heavy atom. The van der Waals surface area contributed by atoms with Gasteiger partial charge in [-0.05, 0) is 74.9 Å². The fraction of sp³-hybridized carbons (Fsp3) is 0.517. The third kappa shape index (κ3) is 5.67. The minimum absolute atomic E-state index is 0.0683. The highest BCUT2D eigenvalue weighted by Gasteiger charge is 2.30. The zero-order chi connectivity index (χ0) is 26.6. The third-order valence-corrected chi connectivity index (χ3v) is 8.57. The van der Waals surface area contributed by atoms with Gasteiger partial charge in [-0.2, -0.15) is 0 Å². The van der Waals surface area contributed by atoms with Crippen molar-refractivity contribution in [2.45, 2.75) is 62.9 Å². The van der Waals surface area contributed by atoms with E-state index in [1.807, 2.05) is 24.1 Å². The second-order valence-electron chi connectivity index (χ2n) is 10.8. The number of nitrogens with one attached hydrogen (secondary N) is 1. The summed E-state index contributed by atoms with van der Waals surface area (Å²) in [6.07, 6.45) is 11.6. The predicted octanol–water partition coefficient (Wildman–Crippen LogP) is 3.66. The van der Waals surface area contributed by atoms with Gasteiger partial charge in [0.1, 0.15) is 5.82 Å². The molecule has 5 rings (SSSR count). The zero-order valence-corrected chi connectivity index (χ0v) is 22.3. The Kier molecular flexibility index (Phi) is 7.93. The van der Waals surface area contributed by atoms with Gasteiger partial charge in [-0.15, -0.1) is 0 Å². The highest BCUT2D eigenvalue weighted by atomic mass is 16.2. The van der Waals surface area contributed by atoms with Gasteiger partial charge in [0.05, 0.1) is 6.20 Å². The summed E-state index contributed by atoms with van der Waals surface area (Å²) in [5.74, 6) is 0.820. The van der Waals surface area contributed by atoms with Crippen molar-refractivity contribution in [1.82, 2.24) is 19.8 Å². The van der Waals surface area contributed by atoms with Crippen LogP contribution in [0.4, 0.5) is 17.3 Å². The number of amides is 2. The summed E-state index contributed by atoms with van der Waals surface area (Å²) >= 11 is 0. The number of likely N-dealkylation sites (tertiary alicyclic amines) is 2. The Labute approximate surface area is 225 Å². The summed E-state index contributed by atoms with van der Waals surface area (Å²) in [6, 6.07) is 9.33. The molecule has 1 aromatic carbocycles. The molecular weight excluding hydrogens is 478 g/mol. The van der Waals surface area contributed by atoms with E-state index in [0.29, 0.717) is 30.6 Å². The molecule has 1 aromatic heterocycles. The van der Waals surface area contributed by atoms with Crippen molar-refractivity contribution in [2.24, 2.45) is 5.73 Å². The van der Waals surface area contributed by atoms with Crippen LogP contribution in [0, 0.1) is 0 Å². The number of piperidine rings is 1. The van der Waals surface area contributed by atoms with Gasteiger partial charge >= 0.3 is 0 Å². The first-order valence-corrected chi connectivity index (χ1v) is 13.8. The van der Waals surface area contributed by atoms with E-state index in [1.54, 1.807) is 11.1 Å². The number of hydrogen-bond acceptors (Lipinski definition) is 7. The summed E-state index contributed by atoms with van der Waals surface area (Å²) < 4.78 is 0. The van der Waals surface area contributed by atoms with Gasteiger partial charge in [-0.3, -0.25) is 9.59 Å². The number of carbonyl (C=O) groups excluding carboxylic acids is 2. The molecule has 3 N–H and O–H groups in total. The van der Waals surface area contributed by atoms with Gasteiger partial charge in [0.15, 0.2) is 11.5 Å². The van der Waals surface area contributed by atoms with Crippen molar-refractivity contribution in [2.75, 3.05) is 43.4 Å². The lowest BCUT2D eigenvalue weighted by Crippen LogP contribution is -2.39. The van der Waals surface area contributed by atoms with Crippen molar-refractivity contribution < 1.29 is 9.59 Å². The van der Waals surface area contributed by atoms with Crippen molar-refractivity contribution in [3.8, 4) is 0 Å². The Morgan fingerprint density at radius 1 is 1.08 bits per heavy atom. The van der Waals surface area contributed by atoms with Crippen molar-refractivity contribution in [1.29, 1.82) is 0 Å². The average molecular weight is 518 g/mol. The number of likely N-dealkylation sites (N-methyl/N-ethyl adjacent to an activating group) is 1. The SMILES string of the molecule is C=CC(=O)N1CC[C@@H](N(C)c2cnc(C(N)=O)c(Nc3ccc(C4CCN(C5CCCC5)CC4)cc3)n2)C1. The van der Waals surface area contributed by atoms with Gasteiger partial charge in [0.2, 0.25) is 5.91 Å². The summed E-state index contributed by atoms with van der Waals surface area (Å²) in [6.45, 7) is 7.21. The number of benzene rings is 1. The molecule has 1 saturated carbocycles. The third-order valence-electron chi connectivity index (χ3n) is 8.57. The van der Waals surface area contributed by atoms with Crippen molar-refractivity contribution in [3.05, 3.63) is 54.4 Å². The molecule has 0 bridgehead atoms. The first-order valence-electron chi connectivity index (χ1n) is 13.8. The highest BCUT2D eigenvalue weighted by Crippen LogP contribution is 2.33. The van der Waals surface area contributed by atoms with Crippen LogP contribution in [0.1, 0.15) is 66.9 Å². The summed E-state index contributed by atoms with van der Waals surface area (Å²) in [4.78, 5) is 39.6. The lowest BCUT2D eigenvalue weighted by molar-refractivity contribution is -0.125. The van der Waals surface area contributed by atoms with Crippen LogP contribution < -0.4 is 16.0 Å². The van der Waals surface area contributed by atoms with Crippen LogP contribution >= 0.6 is 0 Å². The number of hydrogen-bond donors (Lipinski definition) is 2. The van der Waals surface area contributed by atoms with Crippen LogP contribution in [-0.4, -0.2) is 76.9 Å². The molecule has 3 aliphatic rings. The number of carbonyl (C=O) groups is 2. The number of primary amides is 1. The molecule has 38 heavy (non-hydrogen) atoms. The van der Waals surface area contributed by atoms with E-state index in [4.69, 9.17) is 10.7 Å². The van der Waals surface area contributed by atoms with Crippen LogP contribution in [-0.2, 0) is 4.79 Å². The van der Waals surface area contributed by atoms with Gasteiger partial charge in [0, 0.05) is 37.9 Å². The summed E-state index contributed by atoms with van der Waals surface area (Å²) in [5.41, 5.74) is 7.89. The van der Waals surface area contributed by atoms with Gasteiger partial charge < -0.3 is 25.8 Å². The molecule has 2 aliphatic heterocycles. The largest absolute Gasteiger partial charge is 0.364 e. The topological polar surface area (TPSA) is 108 Å².